The van der Waals surface area contributed by atoms with Crippen LogP contribution in [-0.4, -0.2) is 17.8 Å². The topological polar surface area (TPSA) is 32.3 Å². The third-order valence-electron chi connectivity index (χ3n) is 2.99. The Morgan fingerprint density at radius 1 is 1.09 bits per heavy atom. The summed E-state index contributed by atoms with van der Waals surface area (Å²) in [7, 11) is 0. The van der Waals surface area contributed by atoms with Crippen LogP contribution in [0.4, 0.5) is 23.2 Å². The Hall–Kier alpha value is -1.79. The summed E-state index contributed by atoms with van der Waals surface area (Å²) in [6.07, 6.45) is -5.85. The van der Waals surface area contributed by atoms with Crippen LogP contribution in [-0.2, 0) is 0 Å². The van der Waals surface area contributed by atoms with Gasteiger partial charge in [0.05, 0.1) is 0 Å². The summed E-state index contributed by atoms with van der Waals surface area (Å²) >= 11 is 5.82. The van der Waals surface area contributed by atoms with Crippen molar-refractivity contribution < 1.29 is 22.7 Å². The average Bonchev–Trinajstić information content (AvgIpc) is 2.45. The Balaban J connectivity index is 2.36. The highest BCUT2D eigenvalue weighted by Gasteiger charge is 2.28. The minimum Gasteiger partial charge on any atom is -0.383 e. The molecule has 2 nitrogen and oxygen atoms in total. The maximum Gasteiger partial charge on any atom is 0.405 e. The lowest BCUT2D eigenvalue weighted by atomic mass is 9.99. The highest BCUT2D eigenvalue weighted by Crippen LogP contribution is 2.32. The quantitative estimate of drug-likeness (QED) is 0.806. The predicted octanol–water partition coefficient (Wildman–Crippen LogP) is 4.54. The van der Waals surface area contributed by atoms with Crippen molar-refractivity contribution in [3.8, 4) is 0 Å². The number of aliphatic hydroxyl groups is 1. The molecule has 2 N–H and O–H groups in total. The van der Waals surface area contributed by atoms with Gasteiger partial charge in [-0.25, -0.2) is 4.39 Å². The van der Waals surface area contributed by atoms with Crippen molar-refractivity contribution >= 4 is 17.3 Å². The zero-order valence-corrected chi connectivity index (χ0v) is 11.9. The Bertz CT molecular complexity index is 660. The molecule has 0 saturated heterocycles. The molecule has 0 spiro atoms. The third kappa shape index (κ3) is 4.11. The van der Waals surface area contributed by atoms with Gasteiger partial charge in [0.1, 0.15) is 18.5 Å². The fourth-order valence-corrected chi connectivity index (χ4v) is 2.16. The molecular weight excluding hydrogens is 321 g/mol. The number of anilines is 1. The lowest BCUT2D eigenvalue weighted by Crippen LogP contribution is -2.22. The number of benzene rings is 2. The standard InChI is InChI=1S/C15H12ClF4NO/c16-9-5-6-13(21-8-15(18,19)20)11(7-9)14(22)10-3-1-2-4-12(10)17/h1-7,14,21-22H,8H2/i17-1. The van der Waals surface area contributed by atoms with E-state index in [4.69, 9.17) is 11.6 Å². The first-order valence-corrected chi connectivity index (χ1v) is 6.68. The molecule has 118 valence electrons. The van der Waals surface area contributed by atoms with Gasteiger partial charge in [-0.1, -0.05) is 29.8 Å². The summed E-state index contributed by atoms with van der Waals surface area (Å²) in [5, 5.41) is 12.7. The van der Waals surface area contributed by atoms with Gasteiger partial charge in [-0.2, -0.15) is 13.2 Å². The Labute approximate surface area is 129 Å². The fourth-order valence-electron chi connectivity index (χ4n) is 1.98. The third-order valence-corrected chi connectivity index (χ3v) is 3.22. The van der Waals surface area contributed by atoms with Crippen LogP contribution in [0.2, 0.25) is 5.02 Å². The molecule has 0 bridgehead atoms. The predicted molar refractivity (Wildman–Crippen MR) is 76.5 cm³/mol. The molecule has 0 aliphatic rings. The van der Waals surface area contributed by atoms with Crippen molar-refractivity contribution in [3.63, 3.8) is 0 Å². The first-order chi connectivity index (χ1) is 10.3. The van der Waals surface area contributed by atoms with E-state index in [1.165, 1.54) is 36.4 Å². The molecule has 0 aliphatic carbocycles. The molecule has 1 atom stereocenters. The van der Waals surface area contributed by atoms with Crippen LogP contribution < -0.4 is 5.32 Å². The van der Waals surface area contributed by atoms with Crippen LogP contribution in [0.15, 0.2) is 42.5 Å². The van der Waals surface area contributed by atoms with E-state index < -0.39 is 24.6 Å². The zero-order valence-electron chi connectivity index (χ0n) is 11.2. The second-order valence-corrected chi connectivity index (χ2v) is 5.06. The highest BCUT2D eigenvalue weighted by molar-refractivity contribution is 6.30. The van der Waals surface area contributed by atoms with Crippen LogP contribution in [0.1, 0.15) is 17.2 Å². The molecule has 0 aliphatic heterocycles. The molecule has 2 rings (SSSR count). The molecule has 0 fully saturated rings. The maximum absolute atomic E-state index is 13.7. The van der Waals surface area contributed by atoms with E-state index in [0.717, 1.165) is 6.07 Å². The molecule has 0 heterocycles. The molecule has 2 aromatic rings. The number of hydrogen-bond donors (Lipinski definition) is 2. The maximum atomic E-state index is 13.7. The van der Waals surface area contributed by atoms with Gasteiger partial charge in [0.25, 0.3) is 0 Å². The average molecular weight is 333 g/mol. The second kappa shape index (κ2) is 6.54. The lowest BCUT2D eigenvalue weighted by molar-refractivity contribution is -0.115. The van der Waals surface area contributed by atoms with E-state index in [0.29, 0.717) is 0 Å². The minimum atomic E-state index is -4.42. The van der Waals surface area contributed by atoms with E-state index in [9.17, 15) is 22.7 Å². The Morgan fingerprint density at radius 2 is 1.77 bits per heavy atom. The van der Waals surface area contributed by atoms with Crippen molar-refractivity contribution in [3.05, 3.63) is 64.4 Å². The largest absolute Gasteiger partial charge is 0.405 e. The van der Waals surface area contributed by atoms with Gasteiger partial charge >= 0.3 is 6.18 Å². The summed E-state index contributed by atoms with van der Waals surface area (Å²) < 4.78 is 50.7. The summed E-state index contributed by atoms with van der Waals surface area (Å²) in [6, 6.07) is 9.49. The van der Waals surface area contributed by atoms with Crippen LogP contribution in [0.5, 0.6) is 0 Å². The van der Waals surface area contributed by atoms with Gasteiger partial charge in [0.15, 0.2) is 0 Å². The van der Waals surface area contributed by atoms with Crippen LogP contribution >= 0.6 is 11.6 Å². The normalized spacial score (nSPS) is 13.0. The lowest BCUT2D eigenvalue weighted by Gasteiger charge is -2.19. The molecule has 0 aromatic heterocycles. The van der Waals surface area contributed by atoms with Gasteiger partial charge in [0, 0.05) is 21.8 Å². The van der Waals surface area contributed by atoms with Crippen molar-refractivity contribution in [2.45, 2.75) is 12.3 Å². The van der Waals surface area contributed by atoms with E-state index in [2.05, 4.69) is 5.32 Å². The Kier molecular flexibility index (Phi) is 4.93. The molecule has 2 aromatic carbocycles. The van der Waals surface area contributed by atoms with Crippen molar-refractivity contribution in [2.75, 3.05) is 11.9 Å². The molecule has 1 unspecified atom stereocenters. The van der Waals surface area contributed by atoms with Gasteiger partial charge in [-0.15, -0.1) is 0 Å². The van der Waals surface area contributed by atoms with E-state index >= 15 is 0 Å². The summed E-state index contributed by atoms with van der Waals surface area (Å²) in [6.45, 7) is -1.27. The van der Waals surface area contributed by atoms with Crippen LogP contribution in [0.25, 0.3) is 0 Å². The van der Waals surface area contributed by atoms with Gasteiger partial charge in [-0.3, -0.25) is 0 Å². The van der Waals surface area contributed by atoms with Gasteiger partial charge in [0.2, 0.25) is 0 Å². The summed E-state index contributed by atoms with van der Waals surface area (Å²) in [5.74, 6) is -0.656. The zero-order chi connectivity index (χ0) is 16.3. The number of aliphatic hydroxyl groups excluding tert-OH is 1. The molecular formula is C15H12ClF4NO. The van der Waals surface area contributed by atoms with Crippen molar-refractivity contribution in [1.82, 2.24) is 0 Å². The second-order valence-electron chi connectivity index (χ2n) is 4.62. The van der Waals surface area contributed by atoms with E-state index in [1.54, 1.807) is 0 Å². The molecule has 0 saturated carbocycles. The summed E-state index contributed by atoms with van der Waals surface area (Å²) in [4.78, 5) is 0. The van der Waals surface area contributed by atoms with Crippen LogP contribution in [0, 0.1) is 5.82 Å². The molecule has 0 radical (unpaired) electrons. The first-order valence-electron chi connectivity index (χ1n) is 6.30. The number of nitrogens with one attached hydrogen (secondary N) is 1. The number of halogens is 5. The smallest absolute Gasteiger partial charge is 0.383 e. The van der Waals surface area contributed by atoms with E-state index in [-0.39, 0.29) is 21.8 Å². The van der Waals surface area contributed by atoms with E-state index in [1.807, 2.05) is 0 Å². The monoisotopic (exact) mass is 332 g/mol. The fraction of sp³-hybridized carbons (Fsp3) is 0.200. The molecule has 22 heavy (non-hydrogen) atoms. The Morgan fingerprint density at radius 3 is 2.41 bits per heavy atom. The van der Waals surface area contributed by atoms with Crippen molar-refractivity contribution in [1.29, 1.82) is 0 Å². The van der Waals surface area contributed by atoms with Gasteiger partial charge < -0.3 is 10.4 Å². The molecule has 7 heteroatoms. The van der Waals surface area contributed by atoms with Crippen LogP contribution in [0.3, 0.4) is 0 Å². The number of hydrogen-bond acceptors (Lipinski definition) is 2. The number of rotatable bonds is 4. The SMILES string of the molecule is OC(c1ccccc1[18F])c1cc(Cl)ccc1NCC(F)(F)F. The molecule has 0 amide bonds. The van der Waals surface area contributed by atoms with Gasteiger partial charge in [-0.05, 0) is 24.3 Å². The first kappa shape index (κ1) is 16.6. The number of alkyl halides is 3. The summed E-state index contributed by atoms with van der Waals surface area (Å²) in [5.41, 5.74) is 0.0687. The highest BCUT2D eigenvalue weighted by atomic mass is 35.5. The minimum absolute atomic E-state index is 0.0393. The van der Waals surface area contributed by atoms with Crippen molar-refractivity contribution in [2.24, 2.45) is 0 Å².